The van der Waals surface area contributed by atoms with E-state index in [0.717, 1.165) is 0 Å². The highest BCUT2D eigenvalue weighted by atomic mass is 16.7. The van der Waals surface area contributed by atoms with Crippen LogP contribution in [0, 0.1) is 0 Å². The molecule has 0 unspecified atom stereocenters. The summed E-state index contributed by atoms with van der Waals surface area (Å²) < 4.78 is 16.2. The van der Waals surface area contributed by atoms with Gasteiger partial charge < -0.3 is 34.0 Å². The van der Waals surface area contributed by atoms with Crippen LogP contribution in [0.25, 0.3) is 0 Å². The Morgan fingerprint density at radius 3 is 1.95 bits per heavy atom. The maximum Gasteiger partial charge on any atom is 0.451 e. The highest BCUT2D eigenvalue weighted by Gasteiger charge is 2.16. The third kappa shape index (κ3) is 7.68. The largest absolute Gasteiger partial charge is 0.464 e. The molecule has 4 N–H and O–H groups in total. The van der Waals surface area contributed by atoms with Gasteiger partial charge in [0.1, 0.15) is 0 Å². The van der Waals surface area contributed by atoms with Crippen LogP contribution in [0.4, 0.5) is 0 Å². The van der Waals surface area contributed by atoms with Crippen molar-refractivity contribution in [2.45, 2.75) is 31.8 Å². The molecule has 20 heavy (non-hydrogen) atoms. The van der Waals surface area contributed by atoms with E-state index in [1.54, 1.807) is 12.1 Å². The molecule has 7 nitrogen and oxygen atoms in total. The van der Waals surface area contributed by atoms with E-state index < -0.39 is 20.5 Å². The maximum atomic E-state index is 8.73. The fourth-order valence-electron chi connectivity index (χ4n) is 1.55. The van der Waals surface area contributed by atoms with Crippen LogP contribution in [-0.2, 0) is 9.47 Å². The van der Waals surface area contributed by atoms with Gasteiger partial charge in [-0.15, -0.1) is 0 Å². The summed E-state index contributed by atoms with van der Waals surface area (Å²) in [7, 11) is -2.68. The molecular formula is C11H20B2O7. The molecule has 1 aromatic heterocycles. The second-order valence-corrected chi connectivity index (χ2v) is 4.33. The summed E-state index contributed by atoms with van der Waals surface area (Å²) in [5.74, 6) is 0.513. The van der Waals surface area contributed by atoms with Crippen LogP contribution >= 0.6 is 0 Å². The SMILES string of the molecule is OB(O)CCCOC(OCCCB(O)O)c1ccco1. The molecular weight excluding hydrogens is 266 g/mol. The van der Waals surface area contributed by atoms with E-state index >= 15 is 0 Å². The molecule has 0 bridgehead atoms. The molecule has 0 fully saturated rings. The lowest BCUT2D eigenvalue weighted by Gasteiger charge is -2.16. The first-order chi connectivity index (χ1) is 9.59. The average molecular weight is 286 g/mol. The zero-order chi connectivity index (χ0) is 14.8. The zero-order valence-electron chi connectivity index (χ0n) is 11.2. The van der Waals surface area contributed by atoms with Crippen LogP contribution in [0.2, 0.25) is 12.6 Å². The number of furan rings is 1. The molecule has 0 saturated carbocycles. The predicted octanol–water partition coefficient (Wildman–Crippen LogP) is 0.0372. The second-order valence-electron chi connectivity index (χ2n) is 4.33. The first-order valence-electron chi connectivity index (χ1n) is 6.58. The van der Waals surface area contributed by atoms with Crippen molar-refractivity contribution in [3.63, 3.8) is 0 Å². The first kappa shape index (κ1) is 17.2. The summed E-state index contributed by atoms with van der Waals surface area (Å²) in [6.45, 7) is 0.594. The fourth-order valence-corrected chi connectivity index (χ4v) is 1.55. The van der Waals surface area contributed by atoms with Gasteiger partial charge in [0.15, 0.2) is 5.76 Å². The number of ether oxygens (including phenoxy) is 2. The minimum atomic E-state index is -1.34. The Morgan fingerprint density at radius 2 is 1.55 bits per heavy atom. The maximum absolute atomic E-state index is 8.73. The highest BCUT2D eigenvalue weighted by Crippen LogP contribution is 2.20. The Hall–Kier alpha value is -0.830. The van der Waals surface area contributed by atoms with Gasteiger partial charge in [-0.1, -0.05) is 0 Å². The van der Waals surface area contributed by atoms with E-state index in [0.29, 0.717) is 31.8 Å². The van der Waals surface area contributed by atoms with Crippen LogP contribution in [-0.4, -0.2) is 47.5 Å². The van der Waals surface area contributed by atoms with Gasteiger partial charge in [0.25, 0.3) is 0 Å². The van der Waals surface area contributed by atoms with E-state index in [9.17, 15) is 0 Å². The summed E-state index contributed by atoms with van der Waals surface area (Å²) >= 11 is 0. The molecule has 0 saturated heterocycles. The Morgan fingerprint density at radius 1 is 1.00 bits per heavy atom. The van der Waals surface area contributed by atoms with E-state index in [1.807, 2.05) is 0 Å². The van der Waals surface area contributed by atoms with Crippen LogP contribution < -0.4 is 0 Å². The highest BCUT2D eigenvalue weighted by molar-refractivity contribution is 6.41. The van der Waals surface area contributed by atoms with E-state index in [4.69, 9.17) is 34.0 Å². The van der Waals surface area contributed by atoms with Crippen molar-refractivity contribution in [2.24, 2.45) is 0 Å². The van der Waals surface area contributed by atoms with Gasteiger partial charge in [-0.25, -0.2) is 0 Å². The Labute approximate surface area is 118 Å². The topological polar surface area (TPSA) is 113 Å². The monoisotopic (exact) mass is 286 g/mol. The van der Waals surface area contributed by atoms with Crippen molar-refractivity contribution in [3.8, 4) is 0 Å². The van der Waals surface area contributed by atoms with Gasteiger partial charge in [0, 0.05) is 13.2 Å². The van der Waals surface area contributed by atoms with E-state index in [1.165, 1.54) is 6.26 Å². The van der Waals surface area contributed by atoms with E-state index in [-0.39, 0.29) is 12.6 Å². The third-order valence-corrected chi connectivity index (χ3v) is 2.53. The van der Waals surface area contributed by atoms with Crippen molar-refractivity contribution < 1.29 is 34.0 Å². The summed E-state index contributed by atoms with van der Waals surface area (Å²) in [5.41, 5.74) is 0. The molecule has 112 valence electrons. The van der Waals surface area contributed by atoms with Gasteiger partial charge in [0.2, 0.25) is 6.29 Å². The number of hydrogen-bond donors (Lipinski definition) is 4. The summed E-state index contributed by atoms with van der Waals surface area (Å²) in [6.07, 6.45) is 2.23. The van der Waals surface area contributed by atoms with Gasteiger partial charge in [0.05, 0.1) is 6.26 Å². The Balaban J connectivity index is 2.30. The quantitative estimate of drug-likeness (QED) is 0.258. The van der Waals surface area contributed by atoms with Crippen molar-refractivity contribution in [1.82, 2.24) is 0 Å². The van der Waals surface area contributed by atoms with Crippen molar-refractivity contribution in [3.05, 3.63) is 24.2 Å². The van der Waals surface area contributed by atoms with Gasteiger partial charge in [-0.3, -0.25) is 0 Å². The molecule has 0 spiro atoms. The Bertz CT molecular complexity index is 316. The van der Waals surface area contributed by atoms with Crippen LogP contribution in [0.3, 0.4) is 0 Å². The lowest BCUT2D eigenvalue weighted by molar-refractivity contribution is -0.157. The number of hydrogen-bond acceptors (Lipinski definition) is 7. The predicted molar refractivity (Wildman–Crippen MR) is 72.6 cm³/mol. The molecule has 0 radical (unpaired) electrons. The molecule has 9 heteroatoms. The van der Waals surface area contributed by atoms with Crippen LogP contribution in [0.15, 0.2) is 22.8 Å². The van der Waals surface area contributed by atoms with Gasteiger partial charge >= 0.3 is 14.2 Å². The Kier molecular flexibility index (Phi) is 8.59. The van der Waals surface area contributed by atoms with Gasteiger partial charge in [-0.2, -0.15) is 0 Å². The average Bonchev–Trinajstić information content (AvgIpc) is 2.90. The van der Waals surface area contributed by atoms with E-state index in [2.05, 4.69) is 0 Å². The molecule has 1 rings (SSSR count). The fraction of sp³-hybridized carbons (Fsp3) is 0.636. The standard InChI is InChI=1S/C11H20B2O7/c14-12(15)5-2-8-19-11(10-4-1-7-18-10)20-9-3-6-13(16)17/h1,4,7,11,14-17H,2-3,5-6,8-9H2. The second kappa shape index (κ2) is 9.98. The molecule has 0 aliphatic rings. The van der Waals surface area contributed by atoms with Crippen molar-refractivity contribution in [2.75, 3.05) is 13.2 Å². The van der Waals surface area contributed by atoms with Crippen LogP contribution in [0.1, 0.15) is 24.9 Å². The molecule has 0 aliphatic carbocycles. The summed E-state index contributed by atoms with van der Waals surface area (Å²) in [6, 6.07) is 3.43. The summed E-state index contributed by atoms with van der Waals surface area (Å²) in [4.78, 5) is 0. The summed E-state index contributed by atoms with van der Waals surface area (Å²) in [5, 5.41) is 34.9. The molecule has 0 aromatic carbocycles. The minimum absolute atomic E-state index is 0.224. The molecule has 0 amide bonds. The molecule has 1 heterocycles. The van der Waals surface area contributed by atoms with Gasteiger partial charge in [-0.05, 0) is 37.6 Å². The normalized spacial score (nSPS) is 11.1. The minimum Gasteiger partial charge on any atom is -0.464 e. The third-order valence-electron chi connectivity index (χ3n) is 2.53. The molecule has 0 aliphatic heterocycles. The molecule has 1 aromatic rings. The van der Waals surface area contributed by atoms with Crippen LogP contribution in [0.5, 0.6) is 0 Å². The smallest absolute Gasteiger partial charge is 0.451 e. The lowest BCUT2D eigenvalue weighted by atomic mass is 9.85. The number of rotatable bonds is 11. The van der Waals surface area contributed by atoms with Crippen molar-refractivity contribution in [1.29, 1.82) is 0 Å². The zero-order valence-corrected chi connectivity index (χ0v) is 11.2. The van der Waals surface area contributed by atoms with Crippen molar-refractivity contribution >= 4 is 14.2 Å². The first-order valence-corrected chi connectivity index (χ1v) is 6.58. The molecule has 0 atom stereocenters. The lowest BCUT2D eigenvalue weighted by Crippen LogP contribution is -2.15.